The first-order valence-corrected chi connectivity index (χ1v) is 2.58. The van der Waals surface area contributed by atoms with E-state index < -0.39 is 0 Å². The third-order valence-corrected chi connectivity index (χ3v) is 0.876. The molecule has 0 aliphatic rings. The summed E-state index contributed by atoms with van der Waals surface area (Å²) in [6, 6.07) is 0. The minimum absolute atomic E-state index is 0.149. The molecular weight excluding hydrogens is 120 g/mol. The number of rotatable bonds is 3. The predicted octanol–water partition coefficient (Wildman–Crippen LogP) is 0.562. The lowest BCUT2D eigenvalue weighted by molar-refractivity contribution is 0.317. The van der Waals surface area contributed by atoms with Crippen molar-refractivity contribution in [3.8, 4) is 0 Å². The summed E-state index contributed by atoms with van der Waals surface area (Å²) in [7, 11) is 0. The molecule has 0 amide bonds. The van der Waals surface area contributed by atoms with Crippen molar-refractivity contribution in [2.45, 2.75) is 13.3 Å². The Morgan fingerprint density at radius 2 is 2.44 bits per heavy atom. The Hall–Kier alpha value is -1.15. The Bertz CT molecular complexity index is 147. The molecule has 0 spiro atoms. The van der Waals surface area contributed by atoms with E-state index in [4.69, 9.17) is 5.21 Å². The molecule has 0 saturated carbocycles. The molecule has 4 nitrogen and oxygen atoms in total. The quantitative estimate of drug-likeness (QED) is 0.261. The van der Waals surface area contributed by atoms with Gasteiger partial charge in [-0.25, -0.2) is 4.79 Å². The molecule has 0 fully saturated rings. The summed E-state index contributed by atoms with van der Waals surface area (Å²) >= 11 is 0. The first kappa shape index (κ1) is 7.85. The number of aliphatic imine (C=N–C) groups is 1. The van der Waals surface area contributed by atoms with Gasteiger partial charge in [0.15, 0.2) is 0 Å². The molecule has 0 aromatic heterocycles. The van der Waals surface area contributed by atoms with Gasteiger partial charge in [-0.3, -0.25) is 0 Å². The predicted molar refractivity (Wildman–Crippen MR) is 32.5 cm³/mol. The molecule has 0 bridgehead atoms. The van der Waals surface area contributed by atoms with Crippen LogP contribution < -0.4 is 0 Å². The van der Waals surface area contributed by atoms with E-state index in [0.29, 0.717) is 12.1 Å². The highest BCUT2D eigenvalue weighted by atomic mass is 16.4. The van der Waals surface area contributed by atoms with Crippen LogP contribution in [-0.4, -0.2) is 23.5 Å². The van der Waals surface area contributed by atoms with Crippen molar-refractivity contribution in [1.29, 1.82) is 0 Å². The second-order valence-corrected chi connectivity index (χ2v) is 1.43. The second-order valence-electron chi connectivity index (χ2n) is 1.43. The van der Waals surface area contributed by atoms with Crippen molar-refractivity contribution in [2.75, 3.05) is 6.54 Å². The van der Waals surface area contributed by atoms with Crippen LogP contribution in [0.1, 0.15) is 13.3 Å². The van der Waals surface area contributed by atoms with Gasteiger partial charge in [-0.05, 0) is 6.42 Å². The van der Waals surface area contributed by atoms with Crippen LogP contribution in [0.15, 0.2) is 10.1 Å². The first-order valence-electron chi connectivity index (χ1n) is 2.58. The fourth-order valence-corrected chi connectivity index (χ4v) is 0.338. The molecule has 0 radical (unpaired) electrons. The van der Waals surface area contributed by atoms with Crippen LogP contribution >= 0.6 is 0 Å². The normalized spacial score (nSPS) is 10.6. The van der Waals surface area contributed by atoms with Gasteiger partial charge >= 0.3 is 0 Å². The third kappa shape index (κ3) is 3.43. The maximum absolute atomic E-state index is 9.51. The Balaban J connectivity index is 3.71. The average Bonchev–Trinajstić information content (AvgIpc) is 1.91. The minimum atomic E-state index is 0.149. The number of oxime groups is 1. The zero-order valence-electron chi connectivity index (χ0n) is 5.16. The molecule has 0 unspecified atom stereocenters. The van der Waals surface area contributed by atoms with E-state index in [0.717, 1.165) is 0 Å². The van der Waals surface area contributed by atoms with Crippen molar-refractivity contribution in [3.05, 3.63) is 0 Å². The fourth-order valence-electron chi connectivity index (χ4n) is 0.338. The maximum Gasteiger partial charge on any atom is 0.235 e. The van der Waals surface area contributed by atoms with E-state index in [1.165, 1.54) is 6.08 Å². The number of hydrogen-bond acceptors (Lipinski definition) is 4. The van der Waals surface area contributed by atoms with Crippen LogP contribution in [0.3, 0.4) is 0 Å². The zero-order valence-corrected chi connectivity index (χ0v) is 5.16. The van der Waals surface area contributed by atoms with Crippen LogP contribution in [-0.2, 0) is 4.79 Å². The molecule has 0 aromatic carbocycles. The molecule has 50 valence electrons. The highest BCUT2D eigenvalue weighted by molar-refractivity contribution is 5.86. The van der Waals surface area contributed by atoms with Crippen LogP contribution in [0, 0.1) is 0 Å². The summed E-state index contributed by atoms with van der Waals surface area (Å²) in [4.78, 5) is 12.7. The molecule has 0 rings (SSSR count). The van der Waals surface area contributed by atoms with Crippen molar-refractivity contribution >= 4 is 11.8 Å². The highest BCUT2D eigenvalue weighted by Gasteiger charge is 1.91. The lowest BCUT2D eigenvalue weighted by Crippen LogP contribution is -1.99. The largest absolute Gasteiger partial charge is 0.411 e. The van der Waals surface area contributed by atoms with Crippen molar-refractivity contribution in [1.82, 2.24) is 0 Å². The SMILES string of the molecule is CC/C(CN=C=O)=N/O. The fraction of sp³-hybridized carbons (Fsp3) is 0.600. The van der Waals surface area contributed by atoms with E-state index in [1.54, 1.807) is 0 Å². The van der Waals surface area contributed by atoms with Gasteiger partial charge in [-0.15, -0.1) is 0 Å². The van der Waals surface area contributed by atoms with Gasteiger partial charge in [0.25, 0.3) is 0 Å². The van der Waals surface area contributed by atoms with Crippen molar-refractivity contribution < 1.29 is 10.0 Å². The van der Waals surface area contributed by atoms with Gasteiger partial charge in [-0.1, -0.05) is 12.1 Å². The van der Waals surface area contributed by atoms with Crippen LogP contribution in [0.5, 0.6) is 0 Å². The summed E-state index contributed by atoms with van der Waals surface area (Å²) in [5.41, 5.74) is 0.485. The molecule has 0 aromatic rings. The number of isocyanates is 1. The molecular formula is C5H8N2O2. The Morgan fingerprint density at radius 1 is 1.78 bits per heavy atom. The topological polar surface area (TPSA) is 62.0 Å². The third-order valence-electron chi connectivity index (χ3n) is 0.876. The Kier molecular flexibility index (Phi) is 4.36. The average molecular weight is 128 g/mol. The standard InChI is InChI=1S/C5H8N2O2/c1-2-5(7-9)3-6-4-8/h9H,2-3H2,1H3/b7-5-. The van der Waals surface area contributed by atoms with E-state index in [9.17, 15) is 4.79 Å². The van der Waals surface area contributed by atoms with Gasteiger partial charge in [0.1, 0.15) is 0 Å². The Morgan fingerprint density at radius 3 is 2.78 bits per heavy atom. The van der Waals surface area contributed by atoms with Crippen molar-refractivity contribution in [2.24, 2.45) is 10.1 Å². The molecule has 0 atom stereocenters. The Labute approximate surface area is 52.9 Å². The second kappa shape index (κ2) is 5.00. The molecule has 9 heavy (non-hydrogen) atoms. The smallest absolute Gasteiger partial charge is 0.235 e. The van der Waals surface area contributed by atoms with Crippen LogP contribution in [0.25, 0.3) is 0 Å². The summed E-state index contributed by atoms with van der Waals surface area (Å²) in [6.07, 6.45) is 1.95. The highest BCUT2D eigenvalue weighted by Crippen LogP contribution is 1.83. The van der Waals surface area contributed by atoms with Crippen LogP contribution in [0.2, 0.25) is 0 Å². The van der Waals surface area contributed by atoms with Gasteiger partial charge in [0, 0.05) is 0 Å². The van der Waals surface area contributed by atoms with E-state index in [2.05, 4.69) is 10.1 Å². The monoisotopic (exact) mass is 128 g/mol. The van der Waals surface area contributed by atoms with E-state index in [-0.39, 0.29) is 6.54 Å². The van der Waals surface area contributed by atoms with Crippen molar-refractivity contribution in [3.63, 3.8) is 0 Å². The summed E-state index contributed by atoms with van der Waals surface area (Å²) in [6.45, 7) is 1.96. The van der Waals surface area contributed by atoms with Gasteiger partial charge < -0.3 is 5.21 Å². The van der Waals surface area contributed by atoms with Gasteiger partial charge in [0.2, 0.25) is 6.08 Å². The number of carbonyl (C=O) groups excluding carboxylic acids is 1. The minimum Gasteiger partial charge on any atom is -0.411 e. The lowest BCUT2D eigenvalue weighted by atomic mass is 10.3. The molecule has 0 aliphatic carbocycles. The lowest BCUT2D eigenvalue weighted by Gasteiger charge is -1.89. The maximum atomic E-state index is 9.51. The van der Waals surface area contributed by atoms with Gasteiger partial charge in [-0.2, -0.15) is 4.99 Å². The molecule has 0 aliphatic heterocycles. The molecule has 0 saturated heterocycles. The van der Waals surface area contributed by atoms with E-state index in [1.807, 2.05) is 6.92 Å². The molecule has 0 heterocycles. The van der Waals surface area contributed by atoms with Crippen LogP contribution in [0.4, 0.5) is 0 Å². The van der Waals surface area contributed by atoms with E-state index >= 15 is 0 Å². The first-order chi connectivity index (χ1) is 4.35. The molecule has 4 heteroatoms. The van der Waals surface area contributed by atoms with Gasteiger partial charge in [0.05, 0.1) is 12.3 Å². The summed E-state index contributed by atoms with van der Waals surface area (Å²) in [5, 5.41) is 11.0. The number of hydrogen-bond donors (Lipinski definition) is 1. The number of nitrogens with zero attached hydrogens (tertiary/aromatic N) is 2. The zero-order chi connectivity index (χ0) is 7.11. The summed E-state index contributed by atoms with van der Waals surface area (Å²) in [5.74, 6) is 0. The summed E-state index contributed by atoms with van der Waals surface area (Å²) < 4.78 is 0. The molecule has 1 N–H and O–H groups in total.